The van der Waals surface area contributed by atoms with Crippen molar-refractivity contribution in [3.8, 4) is 0 Å². The molecule has 3 heterocycles. The number of nitrogens with one attached hydrogen (secondary N) is 2. The van der Waals surface area contributed by atoms with Gasteiger partial charge >= 0.3 is 0 Å². The second-order valence-corrected chi connectivity index (χ2v) is 12.1. The van der Waals surface area contributed by atoms with Crippen LogP contribution in [0.2, 0.25) is 0 Å². The van der Waals surface area contributed by atoms with Gasteiger partial charge < -0.3 is 25.8 Å². The van der Waals surface area contributed by atoms with Crippen molar-refractivity contribution in [2.24, 2.45) is 11.8 Å². The number of carbonyl (C=O) groups excluding carboxylic acids is 3. The number of rotatable bonds is 7. The molecule has 0 unspecified atom stereocenters. The van der Waals surface area contributed by atoms with Crippen molar-refractivity contribution in [2.45, 2.75) is 76.5 Å². The van der Waals surface area contributed by atoms with E-state index in [1.165, 1.54) is 11.3 Å². The highest BCUT2D eigenvalue weighted by Gasteiger charge is 2.44. The van der Waals surface area contributed by atoms with Gasteiger partial charge in [0.15, 0.2) is 5.69 Å². The first-order valence-electron chi connectivity index (χ1n) is 13.3. The third kappa shape index (κ3) is 4.62. The zero-order valence-electron chi connectivity index (χ0n) is 21.0. The molecule has 1 saturated heterocycles. The van der Waals surface area contributed by atoms with Crippen LogP contribution < -0.4 is 16.4 Å². The van der Waals surface area contributed by atoms with Crippen LogP contribution in [0, 0.1) is 11.8 Å². The van der Waals surface area contributed by atoms with E-state index in [2.05, 4.69) is 15.6 Å². The molecule has 0 spiro atoms. The van der Waals surface area contributed by atoms with Crippen LogP contribution >= 0.6 is 11.3 Å². The molecular formula is C26H33FN6O3S. The zero-order valence-corrected chi connectivity index (χ0v) is 21.8. The number of nitrogen functional groups attached to an aromatic ring is 1. The molecule has 3 amide bonds. The number of anilines is 2. The number of likely N-dealkylation sites (tertiary alicyclic amines) is 1. The minimum Gasteiger partial charge on any atom is -0.383 e. The van der Waals surface area contributed by atoms with Crippen LogP contribution in [0.3, 0.4) is 0 Å². The number of aryl methyl sites for hydroxylation is 1. The maximum atomic E-state index is 13.5. The summed E-state index contributed by atoms with van der Waals surface area (Å²) in [5.74, 6) is -0.465. The predicted octanol–water partition coefficient (Wildman–Crippen LogP) is 3.32. The topological polar surface area (TPSA) is 122 Å². The van der Waals surface area contributed by atoms with Gasteiger partial charge in [-0.3, -0.25) is 14.4 Å². The Labute approximate surface area is 219 Å². The van der Waals surface area contributed by atoms with Crippen molar-refractivity contribution in [2.75, 3.05) is 24.1 Å². The number of aromatic nitrogens is 2. The minimum atomic E-state index is -1.10. The Morgan fingerprint density at radius 1 is 1.24 bits per heavy atom. The van der Waals surface area contributed by atoms with Crippen LogP contribution in [0.5, 0.6) is 0 Å². The lowest BCUT2D eigenvalue weighted by molar-refractivity contribution is -0.117. The van der Waals surface area contributed by atoms with Gasteiger partial charge in [0.05, 0.1) is 17.8 Å². The van der Waals surface area contributed by atoms with Gasteiger partial charge in [0.25, 0.3) is 11.8 Å². The molecule has 2 aromatic rings. The van der Waals surface area contributed by atoms with Gasteiger partial charge in [0.2, 0.25) is 5.91 Å². The van der Waals surface area contributed by atoms with E-state index in [1.54, 1.807) is 6.33 Å². The molecule has 0 aromatic carbocycles. The molecule has 37 heavy (non-hydrogen) atoms. The number of thiophene rings is 1. The Bertz CT molecular complexity index is 1250. The quantitative estimate of drug-likeness (QED) is 0.509. The maximum Gasteiger partial charge on any atom is 0.276 e. The maximum absolute atomic E-state index is 13.5. The molecule has 2 aromatic heterocycles. The average molecular weight is 529 g/mol. The van der Waals surface area contributed by atoms with Gasteiger partial charge in [0.1, 0.15) is 17.0 Å². The fraction of sp³-hybridized carbons (Fsp3) is 0.615. The summed E-state index contributed by atoms with van der Waals surface area (Å²) in [5, 5.41) is 6.38. The molecule has 4 aliphatic rings. The number of amides is 3. The van der Waals surface area contributed by atoms with Crippen molar-refractivity contribution >= 4 is 39.9 Å². The molecule has 1 aliphatic heterocycles. The predicted molar refractivity (Wildman–Crippen MR) is 138 cm³/mol. The highest BCUT2D eigenvalue weighted by Crippen LogP contribution is 2.43. The molecule has 4 atom stereocenters. The van der Waals surface area contributed by atoms with Gasteiger partial charge in [-0.25, -0.2) is 9.37 Å². The van der Waals surface area contributed by atoms with Crippen molar-refractivity contribution in [1.29, 1.82) is 0 Å². The van der Waals surface area contributed by atoms with Crippen LogP contribution in [0.1, 0.15) is 82.8 Å². The number of halogens is 1. The molecule has 3 fully saturated rings. The van der Waals surface area contributed by atoms with E-state index in [4.69, 9.17) is 5.73 Å². The monoisotopic (exact) mass is 528 g/mol. The van der Waals surface area contributed by atoms with Crippen molar-refractivity contribution in [3.05, 3.63) is 28.0 Å². The lowest BCUT2D eigenvalue weighted by Gasteiger charge is -2.25. The van der Waals surface area contributed by atoms with E-state index in [0.717, 1.165) is 42.5 Å². The summed E-state index contributed by atoms with van der Waals surface area (Å²) < 4.78 is 15.4. The molecule has 0 bridgehead atoms. The summed E-state index contributed by atoms with van der Waals surface area (Å²) in [6.07, 6.45) is 6.98. The fourth-order valence-electron chi connectivity index (χ4n) is 5.62. The number of imidazole rings is 1. The summed E-state index contributed by atoms with van der Waals surface area (Å²) in [7, 11) is 0. The largest absolute Gasteiger partial charge is 0.383 e. The Hall–Kier alpha value is -2.95. The van der Waals surface area contributed by atoms with E-state index < -0.39 is 12.1 Å². The van der Waals surface area contributed by atoms with Gasteiger partial charge in [-0.05, 0) is 69.8 Å². The van der Waals surface area contributed by atoms with Gasteiger partial charge in [-0.1, -0.05) is 0 Å². The first kappa shape index (κ1) is 24.4. The second kappa shape index (κ2) is 9.41. The van der Waals surface area contributed by atoms with Crippen LogP contribution in [0.4, 0.5) is 15.2 Å². The third-order valence-corrected chi connectivity index (χ3v) is 9.45. The van der Waals surface area contributed by atoms with Crippen molar-refractivity contribution in [3.63, 3.8) is 0 Å². The highest BCUT2D eigenvalue weighted by atomic mass is 32.1. The summed E-state index contributed by atoms with van der Waals surface area (Å²) in [4.78, 5) is 46.2. The van der Waals surface area contributed by atoms with E-state index in [-0.39, 0.29) is 41.9 Å². The lowest BCUT2D eigenvalue weighted by atomic mass is 9.91. The van der Waals surface area contributed by atoms with Crippen LogP contribution in [-0.2, 0) is 17.6 Å². The number of carbonyl (C=O) groups is 3. The molecule has 2 saturated carbocycles. The first-order chi connectivity index (χ1) is 17.8. The zero-order chi connectivity index (χ0) is 25.8. The highest BCUT2D eigenvalue weighted by molar-refractivity contribution is 7.17. The lowest BCUT2D eigenvalue weighted by Crippen LogP contribution is -2.34. The van der Waals surface area contributed by atoms with Crippen LogP contribution in [-0.4, -0.2) is 57.5 Å². The average Bonchev–Trinajstić information content (AvgIpc) is 3.72. The Kier molecular flexibility index (Phi) is 6.21. The number of hydrogen-bond donors (Lipinski definition) is 3. The molecule has 198 valence electrons. The molecule has 9 nitrogen and oxygen atoms in total. The van der Waals surface area contributed by atoms with E-state index >= 15 is 0 Å². The number of hydrogen-bond acceptors (Lipinski definition) is 6. The van der Waals surface area contributed by atoms with Crippen molar-refractivity contribution < 1.29 is 18.8 Å². The molecule has 3 aliphatic carbocycles. The summed E-state index contributed by atoms with van der Waals surface area (Å²) >= 11 is 1.41. The van der Waals surface area contributed by atoms with Gasteiger partial charge in [-0.15, -0.1) is 11.3 Å². The van der Waals surface area contributed by atoms with Gasteiger partial charge in [-0.2, -0.15) is 0 Å². The number of alkyl halides is 1. The van der Waals surface area contributed by atoms with E-state index in [9.17, 15) is 18.8 Å². The van der Waals surface area contributed by atoms with Crippen molar-refractivity contribution in [1.82, 2.24) is 19.8 Å². The smallest absolute Gasteiger partial charge is 0.276 e. The number of nitrogens with two attached hydrogens (primary N) is 1. The standard InChI is InChI=1S/C26H33FN6O3S/c1-13-3-2-8-32(13)26(36)21-22(28)33(12-30-21)15-6-7-19-17(9-15)20(24(35)29-11-14-4-5-14)25(37-19)31-23(34)16-10-18(16)27/h12-16,18H,2-11,28H2,1H3,(H,29,35)(H,31,34)/t13-,15-,16-,18+/m0/s1. The van der Waals surface area contributed by atoms with Crippen LogP contribution in [0.15, 0.2) is 6.33 Å². The molecular weight excluding hydrogens is 495 g/mol. The molecule has 6 rings (SSSR count). The third-order valence-electron chi connectivity index (χ3n) is 8.24. The van der Waals surface area contributed by atoms with Crippen LogP contribution in [0.25, 0.3) is 0 Å². The normalized spacial score (nSPS) is 26.6. The summed E-state index contributed by atoms with van der Waals surface area (Å²) in [5.41, 5.74) is 8.12. The Morgan fingerprint density at radius 2 is 2.03 bits per heavy atom. The first-order valence-corrected chi connectivity index (χ1v) is 14.1. The molecule has 0 radical (unpaired) electrons. The number of nitrogens with zero attached hydrogens (tertiary/aromatic N) is 3. The number of fused-ring (bicyclic) bond motifs is 1. The Balaban J connectivity index is 1.26. The minimum absolute atomic E-state index is 0.0654. The molecule has 11 heteroatoms. The SMILES string of the molecule is C[C@H]1CCCN1C(=O)c1ncn([C@H]2CCc3sc(NC(=O)[C@H]4C[C@H]4F)c(C(=O)NCC4CC4)c3C2)c1N. The summed E-state index contributed by atoms with van der Waals surface area (Å²) in [6.45, 7) is 3.37. The summed E-state index contributed by atoms with van der Waals surface area (Å²) in [6, 6.07) is 0.109. The fourth-order valence-corrected chi connectivity index (χ4v) is 6.86. The van der Waals surface area contributed by atoms with E-state index in [0.29, 0.717) is 48.2 Å². The Morgan fingerprint density at radius 3 is 2.70 bits per heavy atom. The van der Waals surface area contributed by atoms with E-state index in [1.807, 2.05) is 16.4 Å². The second-order valence-electron chi connectivity index (χ2n) is 11.0. The molecule has 4 N–H and O–H groups in total. The van der Waals surface area contributed by atoms with Gasteiger partial charge in [0, 0.05) is 30.1 Å².